The van der Waals surface area contributed by atoms with Gasteiger partial charge in [-0.2, -0.15) is 0 Å². The highest BCUT2D eigenvalue weighted by Gasteiger charge is 2.38. The second kappa shape index (κ2) is 3.05. The predicted molar refractivity (Wildman–Crippen MR) is 51.2 cm³/mol. The summed E-state index contributed by atoms with van der Waals surface area (Å²) in [5.41, 5.74) is 0. The molecule has 1 aliphatic heterocycles. The van der Waals surface area contributed by atoms with Crippen molar-refractivity contribution in [1.29, 1.82) is 0 Å². The van der Waals surface area contributed by atoms with Gasteiger partial charge in [-0.1, -0.05) is 6.08 Å². The van der Waals surface area contributed by atoms with Gasteiger partial charge < -0.3 is 5.32 Å². The third-order valence-electron chi connectivity index (χ3n) is 2.00. The molecule has 2 rings (SSSR count). The Bertz CT molecular complexity index is 253. The van der Waals surface area contributed by atoms with Gasteiger partial charge in [-0.25, -0.2) is 4.39 Å². The van der Waals surface area contributed by atoms with Crippen molar-refractivity contribution in [2.75, 3.05) is 12.3 Å². The molecule has 0 saturated carbocycles. The van der Waals surface area contributed by atoms with E-state index in [4.69, 9.17) is 11.6 Å². The highest BCUT2D eigenvalue weighted by molar-refractivity contribution is 8.02. The maximum atomic E-state index is 12.8. The Labute approximate surface area is 80.0 Å². The summed E-state index contributed by atoms with van der Waals surface area (Å²) in [5, 5.41) is 3.23. The van der Waals surface area contributed by atoms with Gasteiger partial charge in [0.25, 0.3) is 0 Å². The van der Waals surface area contributed by atoms with Crippen LogP contribution in [-0.4, -0.2) is 22.5 Å². The Hall–Kier alpha value is 0.01000. The molecule has 2 atom stereocenters. The lowest BCUT2D eigenvalue weighted by Gasteiger charge is -2.37. The van der Waals surface area contributed by atoms with Gasteiger partial charge in [0.2, 0.25) is 0 Å². The Kier molecular flexibility index (Phi) is 2.19. The smallest absolute Gasteiger partial charge is 0.130 e. The average molecular weight is 206 g/mol. The molecule has 0 radical (unpaired) electrons. The molecule has 2 aliphatic rings. The molecule has 1 saturated heterocycles. The summed E-state index contributed by atoms with van der Waals surface area (Å²) in [6, 6.07) is 0.0671. The minimum Gasteiger partial charge on any atom is -0.307 e. The Morgan fingerprint density at radius 2 is 2.58 bits per heavy atom. The lowest BCUT2D eigenvalue weighted by Crippen LogP contribution is -2.48. The van der Waals surface area contributed by atoms with E-state index in [2.05, 4.69) is 5.32 Å². The fourth-order valence-electron chi connectivity index (χ4n) is 1.41. The lowest BCUT2D eigenvalue weighted by atomic mass is 10.1. The van der Waals surface area contributed by atoms with Gasteiger partial charge in [0.05, 0.1) is 6.04 Å². The molecule has 1 fully saturated rings. The minimum atomic E-state index is -0.600. The quantitative estimate of drug-likeness (QED) is 0.608. The summed E-state index contributed by atoms with van der Waals surface area (Å²) in [6.45, 7) is 0.934. The van der Waals surface area contributed by atoms with Gasteiger partial charge in [0.15, 0.2) is 0 Å². The van der Waals surface area contributed by atoms with Crippen molar-refractivity contribution in [3.05, 3.63) is 24.1 Å². The van der Waals surface area contributed by atoms with Crippen molar-refractivity contribution in [2.24, 2.45) is 0 Å². The normalized spacial score (nSPS) is 40.5. The first kappa shape index (κ1) is 8.60. The van der Waals surface area contributed by atoms with Gasteiger partial charge in [-0.3, -0.25) is 0 Å². The second-order valence-corrected chi connectivity index (χ2v) is 5.09. The molecule has 0 aromatic rings. The van der Waals surface area contributed by atoms with Crippen molar-refractivity contribution >= 4 is 23.4 Å². The van der Waals surface area contributed by atoms with Crippen molar-refractivity contribution in [3.8, 4) is 0 Å². The number of hydrogen-bond donors (Lipinski definition) is 1. The van der Waals surface area contributed by atoms with Gasteiger partial charge in [0, 0.05) is 12.3 Å². The molecule has 1 nitrogen and oxygen atoms in total. The molecule has 1 heterocycles. The number of fused-ring (bicyclic) bond motifs is 1. The Balaban J connectivity index is 2.26. The SMILES string of the molecule is FC1=CC2(Cl)SCCNC2C=C1. The monoisotopic (exact) mass is 205 g/mol. The van der Waals surface area contributed by atoms with Crippen molar-refractivity contribution < 1.29 is 4.39 Å². The van der Waals surface area contributed by atoms with E-state index in [0.717, 1.165) is 12.3 Å². The number of rotatable bonds is 0. The maximum Gasteiger partial charge on any atom is 0.130 e. The first-order valence-electron chi connectivity index (χ1n) is 3.83. The highest BCUT2D eigenvalue weighted by Crippen LogP contribution is 2.41. The van der Waals surface area contributed by atoms with Crippen LogP contribution in [0.5, 0.6) is 0 Å². The summed E-state index contributed by atoms with van der Waals surface area (Å²) in [7, 11) is 0. The van der Waals surface area contributed by atoms with E-state index in [0.29, 0.717) is 0 Å². The van der Waals surface area contributed by atoms with Crippen molar-refractivity contribution in [1.82, 2.24) is 5.32 Å². The first-order chi connectivity index (χ1) is 5.71. The molecule has 0 aromatic carbocycles. The van der Waals surface area contributed by atoms with E-state index in [-0.39, 0.29) is 11.9 Å². The Morgan fingerprint density at radius 3 is 3.42 bits per heavy atom. The highest BCUT2D eigenvalue weighted by atomic mass is 35.5. The topological polar surface area (TPSA) is 12.0 Å². The molecule has 0 spiro atoms. The van der Waals surface area contributed by atoms with Crippen LogP contribution in [0.25, 0.3) is 0 Å². The zero-order valence-corrected chi connectivity index (χ0v) is 7.96. The summed E-state index contributed by atoms with van der Waals surface area (Å²) in [4.78, 5) is 0. The zero-order valence-electron chi connectivity index (χ0n) is 6.39. The van der Waals surface area contributed by atoms with Crippen LogP contribution in [0.2, 0.25) is 0 Å². The summed E-state index contributed by atoms with van der Waals surface area (Å²) < 4.78 is 12.2. The molecule has 1 aliphatic carbocycles. The largest absolute Gasteiger partial charge is 0.307 e. The van der Waals surface area contributed by atoms with E-state index in [1.54, 1.807) is 17.8 Å². The summed E-state index contributed by atoms with van der Waals surface area (Å²) in [6.07, 6.45) is 4.73. The second-order valence-electron chi connectivity index (χ2n) is 2.87. The number of hydrogen-bond acceptors (Lipinski definition) is 2. The van der Waals surface area contributed by atoms with Crippen LogP contribution in [0, 0.1) is 0 Å². The molecule has 0 bridgehead atoms. The minimum absolute atomic E-state index is 0.0671. The predicted octanol–water partition coefficient (Wildman–Crippen LogP) is 2.05. The summed E-state index contributed by atoms with van der Waals surface area (Å²) in [5.74, 6) is 0.690. The van der Waals surface area contributed by atoms with Gasteiger partial charge in [-0.05, 0) is 12.2 Å². The Morgan fingerprint density at radius 1 is 1.75 bits per heavy atom. The van der Waals surface area contributed by atoms with Crippen molar-refractivity contribution in [3.63, 3.8) is 0 Å². The lowest BCUT2D eigenvalue weighted by molar-refractivity contribution is 0.560. The van der Waals surface area contributed by atoms with Crippen LogP contribution in [0.1, 0.15) is 0 Å². The molecule has 66 valence electrons. The molecule has 0 aromatic heterocycles. The fourth-order valence-corrected chi connectivity index (χ4v) is 2.96. The molecular formula is C8H9ClFNS. The third-order valence-corrected chi connectivity index (χ3v) is 3.89. The van der Waals surface area contributed by atoms with Crippen LogP contribution >= 0.6 is 23.4 Å². The van der Waals surface area contributed by atoms with E-state index < -0.39 is 4.21 Å². The first-order valence-corrected chi connectivity index (χ1v) is 5.20. The zero-order chi connectivity index (χ0) is 8.60. The number of allylic oxidation sites excluding steroid dienone is 2. The number of alkyl halides is 1. The molecule has 0 amide bonds. The average Bonchev–Trinajstić information content (AvgIpc) is 2.02. The fraction of sp³-hybridized carbons (Fsp3) is 0.500. The molecule has 1 N–H and O–H groups in total. The molecular weight excluding hydrogens is 197 g/mol. The van der Waals surface area contributed by atoms with Crippen molar-refractivity contribution in [2.45, 2.75) is 10.2 Å². The maximum absolute atomic E-state index is 12.8. The molecule has 2 unspecified atom stereocenters. The number of nitrogens with one attached hydrogen (secondary N) is 1. The van der Waals surface area contributed by atoms with E-state index in [9.17, 15) is 4.39 Å². The van der Waals surface area contributed by atoms with Crippen LogP contribution < -0.4 is 5.32 Å². The van der Waals surface area contributed by atoms with Crippen LogP contribution in [-0.2, 0) is 0 Å². The molecule has 4 heteroatoms. The van der Waals surface area contributed by atoms with Gasteiger partial charge in [-0.15, -0.1) is 23.4 Å². The van der Waals surface area contributed by atoms with E-state index >= 15 is 0 Å². The van der Waals surface area contributed by atoms with Crippen LogP contribution in [0.4, 0.5) is 4.39 Å². The number of halogens is 2. The van der Waals surface area contributed by atoms with Gasteiger partial charge in [0.1, 0.15) is 10.0 Å². The van der Waals surface area contributed by atoms with Gasteiger partial charge >= 0.3 is 0 Å². The molecule has 12 heavy (non-hydrogen) atoms. The van der Waals surface area contributed by atoms with E-state index in [1.807, 2.05) is 0 Å². The third kappa shape index (κ3) is 1.41. The standard InChI is InChI=1S/C8H9ClFNS/c9-8-5-6(10)1-2-7(8)11-3-4-12-8/h1-2,5,7,11H,3-4H2. The summed E-state index contributed by atoms with van der Waals surface area (Å²) >= 11 is 7.79. The number of thioether (sulfide) groups is 1. The van der Waals surface area contributed by atoms with Crippen LogP contribution in [0.3, 0.4) is 0 Å². The van der Waals surface area contributed by atoms with Crippen LogP contribution in [0.15, 0.2) is 24.1 Å². The van der Waals surface area contributed by atoms with E-state index in [1.165, 1.54) is 12.2 Å².